The third kappa shape index (κ3) is 4.75. The quantitative estimate of drug-likeness (QED) is 0.274. The predicted molar refractivity (Wildman–Crippen MR) is 157 cm³/mol. The molecule has 0 spiro atoms. The van der Waals surface area contributed by atoms with Crippen LogP contribution in [0.25, 0.3) is 0 Å². The third-order valence-corrected chi connectivity index (χ3v) is 9.83. The van der Waals surface area contributed by atoms with Gasteiger partial charge in [0.25, 0.3) is 10.0 Å². The summed E-state index contributed by atoms with van der Waals surface area (Å²) in [5, 5.41) is 3.72. The molecule has 0 radical (unpaired) electrons. The minimum absolute atomic E-state index is 0.00803. The number of aryl methyl sites for hydroxylation is 2. The molecule has 40 heavy (non-hydrogen) atoms. The van der Waals surface area contributed by atoms with E-state index in [1.807, 2.05) is 50.2 Å². The maximum Gasteiger partial charge on any atom is 0.337 e. The van der Waals surface area contributed by atoms with Crippen molar-refractivity contribution in [1.82, 2.24) is 0 Å². The van der Waals surface area contributed by atoms with E-state index >= 15 is 0 Å². The number of fused-ring (bicyclic) bond motifs is 4. The molecule has 6 nitrogen and oxygen atoms in total. The van der Waals surface area contributed by atoms with Gasteiger partial charge >= 0.3 is 5.97 Å². The van der Waals surface area contributed by atoms with Crippen molar-refractivity contribution in [2.75, 3.05) is 17.1 Å². The van der Waals surface area contributed by atoms with Gasteiger partial charge in [-0.15, -0.1) is 0 Å². The number of hydrogen-bond donors (Lipinski definition) is 2. The molecule has 2 aliphatic rings. The Labute approximate surface area is 235 Å². The Hall–Kier alpha value is -4.10. The molecule has 1 heterocycles. The number of ether oxygens (including phenoxy) is 1. The summed E-state index contributed by atoms with van der Waals surface area (Å²) in [4.78, 5) is 12.3. The largest absolute Gasteiger partial charge is 0.465 e. The molecule has 6 rings (SSSR count). The van der Waals surface area contributed by atoms with E-state index in [9.17, 15) is 13.2 Å². The topological polar surface area (TPSA) is 84.5 Å². The summed E-state index contributed by atoms with van der Waals surface area (Å²) >= 11 is 0. The molecule has 0 amide bonds. The SMILES string of the molecule is COC(=O)c1ccc(C2Nc3ccc(S(=O)(=O)Nc4ccc(C)c(C)c4)cc3[C@H]3Cc4ccccc4C[C@@H]23)cc1. The van der Waals surface area contributed by atoms with E-state index < -0.39 is 10.0 Å². The highest BCUT2D eigenvalue weighted by atomic mass is 32.2. The number of anilines is 2. The van der Waals surface area contributed by atoms with Crippen LogP contribution in [0.1, 0.15) is 55.7 Å². The molecule has 0 saturated carbocycles. The van der Waals surface area contributed by atoms with Crippen LogP contribution in [0.2, 0.25) is 0 Å². The fraction of sp³-hybridized carbons (Fsp3) is 0.242. The van der Waals surface area contributed by atoms with Gasteiger partial charge in [0.05, 0.1) is 23.6 Å². The van der Waals surface area contributed by atoms with E-state index in [1.165, 1.54) is 18.2 Å². The predicted octanol–water partition coefficient (Wildman–Crippen LogP) is 6.56. The Kier molecular flexibility index (Phi) is 6.62. The summed E-state index contributed by atoms with van der Waals surface area (Å²) in [6.45, 7) is 3.97. The molecule has 1 unspecified atom stereocenters. The Morgan fingerprint density at radius 1 is 0.875 bits per heavy atom. The second-order valence-corrected chi connectivity index (χ2v) is 12.5. The highest BCUT2D eigenvalue weighted by Gasteiger charge is 2.41. The average Bonchev–Trinajstić information content (AvgIpc) is 2.97. The third-order valence-electron chi connectivity index (χ3n) is 8.45. The lowest BCUT2D eigenvalue weighted by molar-refractivity contribution is 0.0600. The highest BCUT2D eigenvalue weighted by molar-refractivity contribution is 7.92. The molecule has 2 N–H and O–H groups in total. The van der Waals surface area contributed by atoms with Crippen molar-refractivity contribution in [3.05, 3.63) is 124 Å². The van der Waals surface area contributed by atoms with Crippen molar-refractivity contribution < 1.29 is 17.9 Å². The number of methoxy groups -OCH3 is 1. The summed E-state index contributed by atoms with van der Waals surface area (Å²) in [7, 11) is -2.40. The van der Waals surface area contributed by atoms with Crippen LogP contribution in [-0.4, -0.2) is 21.5 Å². The van der Waals surface area contributed by atoms with Crippen LogP contribution < -0.4 is 10.0 Å². The van der Waals surface area contributed by atoms with Crippen LogP contribution in [-0.2, 0) is 27.6 Å². The first kappa shape index (κ1) is 26.1. The molecule has 4 aromatic rings. The second kappa shape index (κ2) is 10.1. The summed E-state index contributed by atoms with van der Waals surface area (Å²) in [5.74, 6) is -0.0219. The molecule has 7 heteroatoms. The first-order chi connectivity index (χ1) is 19.2. The zero-order valence-corrected chi connectivity index (χ0v) is 23.6. The van der Waals surface area contributed by atoms with Gasteiger partial charge in [-0.05, 0) is 114 Å². The number of hydrogen-bond acceptors (Lipinski definition) is 5. The van der Waals surface area contributed by atoms with Crippen LogP contribution in [0.4, 0.5) is 11.4 Å². The molecule has 204 valence electrons. The van der Waals surface area contributed by atoms with E-state index in [0.717, 1.165) is 40.8 Å². The van der Waals surface area contributed by atoms with Gasteiger partial charge in [-0.2, -0.15) is 0 Å². The van der Waals surface area contributed by atoms with Gasteiger partial charge in [0.1, 0.15) is 0 Å². The highest BCUT2D eigenvalue weighted by Crippen LogP contribution is 2.50. The molecular weight excluding hydrogens is 520 g/mol. The number of rotatable bonds is 5. The Morgan fingerprint density at radius 3 is 2.30 bits per heavy atom. The smallest absolute Gasteiger partial charge is 0.337 e. The van der Waals surface area contributed by atoms with Crippen molar-refractivity contribution in [1.29, 1.82) is 0 Å². The molecule has 1 aliphatic heterocycles. The van der Waals surface area contributed by atoms with Crippen LogP contribution in [0.15, 0.2) is 89.8 Å². The van der Waals surface area contributed by atoms with Gasteiger partial charge in [0.15, 0.2) is 0 Å². The maximum atomic E-state index is 13.5. The van der Waals surface area contributed by atoms with Crippen molar-refractivity contribution in [3.63, 3.8) is 0 Å². The first-order valence-electron chi connectivity index (χ1n) is 13.5. The lowest BCUT2D eigenvalue weighted by atomic mass is 9.66. The van der Waals surface area contributed by atoms with Gasteiger partial charge in [-0.1, -0.05) is 42.5 Å². The summed E-state index contributed by atoms with van der Waals surface area (Å²) < 4.78 is 34.6. The minimum Gasteiger partial charge on any atom is -0.465 e. The molecule has 3 atom stereocenters. The summed E-state index contributed by atoms with van der Waals surface area (Å²) in [6, 6.07) is 27.1. The van der Waals surface area contributed by atoms with E-state index in [2.05, 4.69) is 34.3 Å². The normalized spacial score (nSPS) is 19.4. The van der Waals surface area contributed by atoms with Gasteiger partial charge in [-0.3, -0.25) is 4.72 Å². The minimum atomic E-state index is -3.78. The van der Waals surface area contributed by atoms with E-state index in [0.29, 0.717) is 11.3 Å². The molecular formula is C33H32N2O4S. The number of nitrogens with one attached hydrogen (secondary N) is 2. The summed E-state index contributed by atoms with van der Waals surface area (Å²) in [5.41, 5.74) is 8.88. The lowest BCUT2D eigenvalue weighted by Gasteiger charge is -2.44. The standard InChI is InChI=1S/C33H32N2O4S/c1-20-8-13-26(16-21(20)2)35-40(37,38)27-14-15-31-29(19-27)28-17-24-6-4-5-7-25(24)18-30(28)32(34-31)22-9-11-23(12-10-22)33(36)39-3/h4-16,19,28,30,32,34-35H,17-18H2,1-3H3/t28-,30-,32?/m1/s1. The summed E-state index contributed by atoms with van der Waals surface area (Å²) in [6.07, 6.45) is 1.70. The number of benzene rings is 4. The Balaban J connectivity index is 1.38. The fourth-order valence-electron chi connectivity index (χ4n) is 6.15. The monoisotopic (exact) mass is 552 g/mol. The zero-order valence-electron chi connectivity index (χ0n) is 22.8. The second-order valence-electron chi connectivity index (χ2n) is 10.8. The van der Waals surface area contributed by atoms with Crippen LogP contribution in [0, 0.1) is 19.8 Å². The lowest BCUT2D eigenvalue weighted by Crippen LogP contribution is -2.37. The molecule has 4 aromatic carbocycles. The number of esters is 1. The van der Waals surface area contributed by atoms with Gasteiger partial charge in [-0.25, -0.2) is 13.2 Å². The van der Waals surface area contributed by atoms with Gasteiger partial charge < -0.3 is 10.1 Å². The van der Waals surface area contributed by atoms with E-state index in [1.54, 1.807) is 24.3 Å². The van der Waals surface area contributed by atoms with Crippen LogP contribution in [0.3, 0.4) is 0 Å². The Bertz CT molecular complexity index is 1710. The van der Waals surface area contributed by atoms with Crippen molar-refractivity contribution in [2.24, 2.45) is 5.92 Å². The first-order valence-corrected chi connectivity index (χ1v) is 15.0. The molecule has 0 aromatic heterocycles. The Morgan fingerprint density at radius 2 is 1.60 bits per heavy atom. The van der Waals surface area contributed by atoms with E-state index in [4.69, 9.17) is 4.74 Å². The van der Waals surface area contributed by atoms with Gasteiger partial charge in [0.2, 0.25) is 0 Å². The van der Waals surface area contributed by atoms with Crippen LogP contribution in [0.5, 0.6) is 0 Å². The van der Waals surface area contributed by atoms with Crippen molar-refractivity contribution >= 4 is 27.4 Å². The van der Waals surface area contributed by atoms with Crippen molar-refractivity contribution in [3.8, 4) is 0 Å². The average molecular weight is 553 g/mol. The number of carbonyl (C=O) groups is 1. The van der Waals surface area contributed by atoms with E-state index in [-0.39, 0.29) is 28.7 Å². The van der Waals surface area contributed by atoms with Gasteiger partial charge in [0, 0.05) is 11.4 Å². The van der Waals surface area contributed by atoms with Crippen LogP contribution >= 0.6 is 0 Å². The maximum absolute atomic E-state index is 13.5. The number of carbonyl (C=O) groups excluding carboxylic acids is 1. The zero-order chi connectivity index (χ0) is 28.0. The molecule has 0 bridgehead atoms. The fourth-order valence-corrected chi connectivity index (χ4v) is 7.23. The number of sulfonamides is 1. The molecule has 0 fully saturated rings. The molecule has 1 aliphatic carbocycles. The molecule has 0 saturated heterocycles. The van der Waals surface area contributed by atoms with Crippen molar-refractivity contribution in [2.45, 2.75) is 43.5 Å².